The van der Waals surface area contributed by atoms with Crippen LogP contribution in [0.4, 0.5) is 4.79 Å². The highest BCUT2D eigenvalue weighted by atomic mass is 16.5. The lowest BCUT2D eigenvalue weighted by molar-refractivity contribution is 0.180. The van der Waals surface area contributed by atoms with E-state index in [1.807, 2.05) is 35.2 Å². The average Bonchev–Trinajstić information content (AvgIpc) is 2.90. The number of fused-ring (bicyclic) bond motifs is 1. The van der Waals surface area contributed by atoms with Gasteiger partial charge in [0.05, 0.1) is 12.6 Å². The van der Waals surface area contributed by atoms with Gasteiger partial charge in [-0.15, -0.1) is 0 Å². The van der Waals surface area contributed by atoms with Crippen LogP contribution in [-0.2, 0) is 6.54 Å². The predicted molar refractivity (Wildman–Crippen MR) is 90.5 cm³/mol. The molecule has 0 radical (unpaired) electrons. The lowest BCUT2D eigenvalue weighted by Gasteiger charge is -2.26. The van der Waals surface area contributed by atoms with Crippen LogP contribution in [0.25, 0.3) is 10.9 Å². The molecule has 0 spiro atoms. The normalized spacial score (nSPS) is 20.7. The van der Waals surface area contributed by atoms with E-state index in [9.17, 15) is 4.79 Å². The Labute approximate surface area is 136 Å². The number of methoxy groups -OCH3 is 1. The minimum atomic E-state index is 0.00219. The molecule has 1 aromatic carbocycles. The number of amides is 2. The van der Waals surface area contributed by atoms with Gasteiger partial charge in [-0.2, -0.15) is 0 Å². The second kappa shape index (κ2) is 6.44. The van der Waals surface area contributed by atoms with Gasteiger partial charge in [-0.25, -0.2) is 9.78 Å². The average molecular weight is 313 g/mol. The fraction of sp³-hybridized carbons (Fsp3) is 0.444. The van der Waals surface area contributed by atoms with Gasteiger partial charge in [0.1, 0.15) is 0 Å². The van der Waals surface area contributed by atoms with Crippen molar-refractivity contribution in [2.24, 2.45) is 0 Å². The number of aromatic nitrogens is 1. The van der Waals surface area contributed by atoms with Crippen molar-refractivity contribution in [1.29, 1.82) is 0 Å². The van der Waals surface area contributed by atoms with Crippen molar-refractivity contribution in [1.82, 2.24) is 15.2 Å². The van der Waals surface area contributed by atoms with Crippen molar-refractivity contribution < 1.29 is 9.53 Å². The molecule has 2 heterocycles. The van der Waals surface area contributed by atoms with Crippen LogP contribution in [-0.4, -0.2) is 35.1 Å². The van der Waals surface area contributed by atoms with Crippen LogP contribution in [0.3, 0.4) is 0 Å². The van der Waals surface area contributed by atoms with Crippen LogP contribution in [0, 0.1) is 0 Å². The number of carbonyl (C=O) groups excluding carboxylic acids is 1. The summed E-state index contributed by atoms with van der Waals surface area (Å²) in [4.78, 5) is 18.9. The number of pyridine rings is 1. The van der Waals surface area contributed by atoms with Crippen LogP contribution in [0.5, 0.6) is 5.88 Å². The SMILES string of the molecule is COc1cc(CNC(=O)N2C(C)CCC2C)c2ccccc2n1. The number of nitrogens with one attached hydrogen (secondary N) is 1. The maximum atomic E-state index is 12.5. The zero-order valence-electron chi connectivity index (χ0n) is 13.9. The molecule has 2 aromatic rings. The Morgan fingerprint density at radius 3 is 2.70 bits per heavy atom. The molecule has 1 aromatic heterocycles. The second-order valence-corrected chi connectivity index (χ2v) is 6.18. The van der Waals surface area contributed by atoms with Crippen molar-refractivity contribution in [3.05, 3.63) is 35.9 Å². The number of hydrogen-bond acceptors (Lipinski definition) is 3. The first-order chi connectivity index (χ1) is 11.1. The Morgan fingerprint density at radius 2 is 2.00 bits per heavy atom. The Kier molecular flexibility index (Phi) is 4.37. The summed E-state index contributed by atoms with van der Waals surface area (Å²) in [5.41, 5.74) is 1.89. The van der Waals surface area contributed by atoms with Crippen LogP contribution >= 0.6 is 0 Å². The zero-order chi connectivity index (χ0) is 16.4. The molecule has 1 saturated heterocycles. The Balaban J connectivity index is 1.80. The Bertz CT molecular complexity index is 706. The zero-order valence-corrected chi connectivity index (χ0v) is 13.9. The molecular formula is C18H23N3O2. The monoisotopic (exact) mass is 313 g/mol. The van der Waals surface area contributed by atoms with Crippen LogP contribution < -0.4 is 10.1 Å². The van der Waals surface area contributed by atoms with Crippen molar-refractivity contribution >= 4 is 16.9 Å². The Morgan fingerprint density at radius 1 is 1.30 bits per heavy atom. The molecule has 23 heavy (non-hydrogen) atoms. The molecule has 2 unspecified atom stereocenters. The van der Waals surface area contributed by atoms with E-state index in [1.165, 1.54) is 0 Å². The quantitative estimate of drug-likeness (QED) is 0.945. The van der Waals surface area contributed by atoms with Gasteiger partial charge in [0.2, 0.25) is 5.88 Å². The van der Waals surface area contributed by atoms with E-state index in [4.69, 9.17) is 4.74 Å². The summed E-state index contributed by atoms with van der Waals surface area (Å²) in [6.45, 7) is 4.68. The number of para-hydroxylation sites is 1. The lowest BCUT2D eigenvalue weighted by Crippen LogP contribution is -2.44. The number of rotatable bonds is 3. The van der Waals surface area contributed by atoms with E-state index < -0.39 is 0 Å². The van der Waals surface area contributed by atoms with Gasteiger partial charge < -0.3 is 15.0 Å². The topological polar surface area (TPSA) is 54.5 Å². The predicted octanol–water partition coefficient (Wildman–Crippen LogP) is 3.33. The minimum absolute atomic E-state index is 0.00219. The molecule has 2 amide bonds. The third-order valence-electron chi connectivity index (χ3n) is 4.60. The first-order valence-corrected chi connectivity index (χ1v) is 8.09. The smallest absolute Gasteiger partial charge is 0.318 e. The molecule has 1 aliphatic rings. The largest absolute Gasteiger partial charge is 0.481 e. The number of urea groups is 1. The number of likely N-dealkylation sites (tertiary alicyclic amines) is 1. The number of hydrogen-bond donors (Lipinski definition) is 1. The first kappa shape index (κ1) is 15.6. The van der Waals surface area contributed by atoms with E-state index in [2.05, 4.69) is 24.1 Å². The van der Waals surface area contributed by atoms with E-state index in [-0.39, 0.29) is 6.03 Å². The summed E-state index contributed by atoms with van der Waals surface area (Å²) in [7, 11) is 1.60. The molecule has 5 nitrogen and oxygen atoms in total. The number of benzene rings is 1. The van der Waals surface area contributed by atoms with Gasteiger partial charge in [0, 0.05) is 30.1 Å². The highest BCUT2D eigenvalue weighted by Gasteiger charge is 2.31. The molecule has 1 fully saturated rings. The maximum absolute atomic E-state index is 12.5. The lowest BCUT2D eigenvalue weighted by atomic mass is 10.1. The third-order valence-corrected chi connectivity index (χ3v) is 4.60. The molecule has 0 aliphatic carbocycles. The fourth-order valence-corrected chi connectivity index (χ4v) is 3.33. The van der Waals surface area contributed by atoms with Crippen LogP contribution in [0.15, 0.2) is 30.3 Å². The standard InChI is InChI=1S/C18H23N3O2/c1-12-8-9-13(2)21(12)18(22)19-11-14-10-17(23-3)20-16-7-5-4-6-15(14)16/h4-7,10,12-13H,8-9,11H2,1-3H3,(H,19,22). The van der Waals surface area contributed by atoms with E-state index in [1.54, 1.807) is 7.11 Å². The second-order valence-electron chi connectivity index (χ2n) is 6.18. The third kappa shape index (κ3) is 3.09. The van der Waals surface area contributed by atoms with Crippen molar-refractivity contribution in [2.75, 3.05) is 7.11 Å². The summed E-state index contributed by atoms with van der Waals surface area (Å²) in [5, 5.41) is 4.09. The highest BCUT2D eigenvalue weighted by Crippen LogP contribution is 2.24. The number of ether oxygens (including phenoxy) is 1. The van der Waals surface area contributed by atoms with Gasteiger partial charge >= 0.3 is 6.03 Å². The number of carbonyl (C=O) groups is 1. The summed E-state index contributed by atoms with van der Waals surface area (Å²) < 4.78 is 5.27. The molecule has 122 valence electrons. The first-order valence-electron chi connectivity index (χ1n) is 8.09. The molecule has 0 saturated carbocycles. The highest BCUT2D eigenvalue weighted by molar-refractivity contribution is 5.83. The molecule has 5 heteroatoms. The number of nitrogens with zero attached hydrogens (tertiary/aromatic N) is 2. The summed E-state index contributed by atoms with van der Waals surface area (Å²) >= 11 is 0. The van der Waals surface area contributed by atoms with Gasteiger partial charge in [-0.1, -0.05) is 18.2 Å². The maximum Gasteiger partial charge on any atom is 0.318 e. The molecule has 2 atom stereocenters. The molecular weight excluding hydrogens is 290 g/mol. The summed E-state index contributed by atoms with van der Waals surface area (Å²) in [5.74, 6) is 0.566. The fourth-order valence-electron chi connectivity index (χ4n) is 3.33. The van der Waals surface area contributed by atoms with Gasteiger partial charge in [-0.3, -0.25) is 0 Å². The van der Waals surface area contributed by atoms with Crippen LogP contribution in [0.2, 0.25) is 0 Å². The van der Waals surface area contributed by atoms with Crippen molar-refractivity contribution in [3.8, 4) is 5.88 Å². The Hall–Kier alpha value is -2.30. The summed E-state index contributed by atoms with van der Waals surface area (Å²) in [6.07, 6.45) is 2.14. The van der Waals surface area contributed by atoms with E-state index in [0.717, 1.165) is 29.3 Å². The minimum Gasteiger partial charge on any atom is -0.481 e. The van der Waals surface area contributed by atoms with Crippen molar-refractivity contribution in [2.45, 2.75) is 45.3 Å². The molecule has 1 N–H and O–H groups in total. The molecule has 1 aliphatic heterocycles. The molecule has 0 bridgehead atoms. The van der Waals surface area contributed by atoms with Gasteiger partial charge in [-0.05, 0) is 38.3 Å². The van der Waals surface area contributed by atoms with Gasteiger partial charge in [0.25, 0.3) is 0 Å². The summed E-state index contributed by atoms with van der Waals surface area (Å²) in [6, 6.07) is 10.4. The van der Waals surface area contributed by atoms with E-state index in [0.29, 0.717) is 24.5 Å². The van der Waals surface area contributed by atoms with Gasteiger partial charge in [0.15, 0.2) is 0 Å². The van der Waals surface area contributed by atoms with Crippen molar-refractivity contribution in [3.63, 3.8) is 0 Å². The van der Waals surface area contributed by atoms with Crippen LogP contribution in [0.1, 0.15) is 32.3 Å². The molecule has 3 rings (SSSR count). The van der Waals surface area contributed by atoms with E-state index >= 15 is 0 Å².